The molecule has 0 aliphatic carbocycles. The Kier molecular flexibility index (Phi) is 3.91. The second-order valence-corrected chi connectivity index (χ2v) is 5.24. The Hall–Kier alpha value is -1.08. The molecular weight excluding hydrogens is 372 g/mol. The van der Waals surface area contributed by atoms with Crippen LogP contribution in [0.4, 0.5) is 25.8 Å². The lowest BCUT2D eigenvalue weighted by Crippen LogP contribution is -1.99. The van der Waals surface area contributed by atoms with Crippen molar-refractivity contribution in [2.24, 2.45) is 0 Å². The first-order valence-electron chi connectivity index (χ1n) is 4.93. The van der Waals surface area contributed by atoms with Crippen molar-refractivity contribution in [1.29, 1.82) is 0 Å². The molecule has 0 heterocycles. The van der Waals surface area contributed by atoms with Gasteiger partial charge in [-0.2, -0.15) is 0 Å². The van der Waals surface area contributed by atoms with Gasteiger partial charge in [0.1, 0.15) is 11.6 Å². The zero-order valence-electron chi connectivity index (χ0n) is 8.98. The normalized spacial score (nSPS) is 10.4. The van der Waals surface area contributed by atoms with Gasteiger partial charge in [-0.3, -0.25) is 0 Å². The summed E-state index contributed by atoms with van der Waals surface area (Å²) >= 11 is 7.57. The van der Waals surface area contributed by atoms with Gasteiger partial charge in [0.25, 0.3) is 0 Å². The Balaban J connectivity index is 2.36. The molecule has 0 fully saturated rings. The maximum Gasteiger partial charge on any atom is 0.138 e. The molecule has 0 amide bonds. The summed E-state index contributed by atoms with van der Waals surface area (Å²) < 4.78 is 27.0. The van der Waals surface area contributed by atoms with Crippen molar-refractivity contribution < 1.29 is 8.78 Å². The molecule has 3 N–H and O–H groups in total. The molecule has 0 spiro atoms. The number of hydrogen-bond donors (Lipinski definition) is 2. The maximum atomic E-state index is 13.4. The topological polar surface area (TPSA) is 38.0 Å². The van der Waals surface area contributed by atoms with E-state index in [1.54, 1.807) is 0 Å². The smallest absolute Gasteiger partial charge is 0.138 e. The summed E-state index contributed by atoms with van der Waals surface area (Å²) in [6, 6.07) is 6.72. The van der Waals surface area contributed by atoms with E-state index in [1.807, 2.05) is 22.6 Å². The SMILES string of the molecule is Nc1cc(I)c(F)cc1Nc1cc(F)cc(Cl)c1. The van der Waals surface area contributed by atoms with E-state index in [2.05, 4.69) is 5.32 Å². The first kappa shape index (κ1) is 13.4. The summed E-state index contributed by atoms with van der Waals surface area (Å²) in [5, 5.41) is 3.08. The van der Waals surface area contributed by atoms with Crippen LogP contribution in [0.1, 0.15) is 0 Å². The fourth-order valence-electron chi connectivity index (χ4n) is 1.45. The first-order chi connectivity index (χ1) is 8.45. The third-order valence-corrected chi connectivity index (χ3v) is 3.28. The first-order valence-corrected chi connectivity index (χ1v) is 6.39. The van der Waals surface area contributed by atoms with Crippen molar-refractivity contribution in [1.82, 2.24) is 0 Å². The van der Waals surface area contributed by atoms with Gasteiger partial charge in [0, 0.05) is 16.8 Å². The Labute approximate surface area is 121 Å². The summed E-state index contributed by atoms with van der Waals surface area (Å²) in [6.45, 7) is 0. The summed E-state index contributed by atoms with van der Waals surface area (Å²) in [6.07, 6.45) is 0. The third-order valence-electron chi connectivity index (χ3n) is 2.23. The van der Waals surface area contributed by atoms with Gasteiger partial charge in [-0.25, -0.2) is 8.78 Å². The van der Waals surface area contributed by atoms with Crippen LogP contribution >= 0.6 is 34.2 Å². The lowest BCUT2D eigenvalue weighted by Gasteiger charge is -2.10. The molecule has 0 aromatic heterocycles. The van der Waals surface area contributed by atoms with E-state index < -0.39 is 11.6 Å². The van der Waals surface area contributed by atoms with E-state index in [4.69, 9.17) is 17.3 Å². The Bertz CT molecular complexity index is 585. The quantitative estimate of drug-likeness (QED) is 0.593. The predicted molar refractivity (Wildman–Crippen MR) is 78.2 cm³/mol. The molecule has 94 valence electrons. The number of halogens is 4. The van der Waals surface area contributed by atoms with Gasteiger partial charge in [-0.05, 0) is 46.9 Å². The highest BCUT2D eigenvalue weighted by Crippen LogP contribution is 2.28. The lowest BCUT2D eigenvalue weighted by atomic mass is 10.2. The van der Waals surface area contributed by atoms with Gasteiger partial charge in [-0.15, -0.1) is 0 Å². The van der Waals surface area contributed by atoms with E-state index in [9.17, 15) is 8.78 Å². The molecule has 0 saturated heterocycles. The van der Waals surface area contributed by atoms with Gasteiger partial charge in [-0.1, -0.05) is 11.6 Å². The van der Waals surface area contributed by atoms with Crippen molar-refractivity contribution in [2.75, 3.05) is 11.1 Å². The molecule has 0 aliphatic rings. The average Bonchev–Trinajstić information content (AvgIpc) is 2.24. The molecule has 2 rings (SSSR count). The predicted octanol–water partition coefficient (Wildman–Crippen LogP) is 4.55. The number of benzene rings is 2. The largest absolute Gasteiger partial charge is 0.397 e. The highest BCUT2D eigenvalue weighted by atomic mass is 127. The summed E-state index contributed by atoms with van der Waals surface area (Å²) in [5.41, 5.74) is 6.91. The van der Waals surface area contributed by atoms with E-state index in [0.717, 1.165) is 0 Å². The highest BCUT2D eigenvalue weighted by molar-refractivity contribution is 14.1. The van der Waals surface area contributed by atoms with Crippen LogP contribution in [0.3, 0.4) is 0 Å². The van der Waals surface area contributed by atoms with Crippen LogP contribution in [-0.2, 0) is 0 Å². The molecule has 0 atom stereocenters. The van der Waals surface area contributed by atoms with Crippen LogP contribution < -0.4 is 11.1 Å². The average molecular weight is 381 g/mol. The van der Waals surface area contributed by atoms with Crippen molar-refractivity contribution in [3.8, 4) is 0 Å². The summed E-state index contributed by atoms with van der Waals surface area (Å²) in [4.78, 5) is 0. The zero-order chi connectivity index (χ0) is 13.3. The minimum atomic E-state index is -0.477. The van der Waals surface area contributed by atoms with Gasteiger partial charge < -0.3 is 11.1 Å². The highest BCUT2D eigenvalue weighted by Gasteiger charge is 2.07. The molecule has 2 aromatic rings. The van der Waals surface area contributed by atoms with Crippen LogP contribution in [0, 0.1) is 15.2 Å². The minimum absolute atomic E-state index is 0.252. The number of hydrogen-bond acceptors (Lipinski definition) is 2. The second kappa shape index (κ2) is 5.27. The number of rotatable bonds is 2. The van der Waals surface area contributed by atoms with E-state index in [-0.39, 0.29) is 5.02 Å². The number of nitrogens with one attached hydrogen (secondary N) is 1. The van der Waals surface area contributed by atoms with Crippen LogP contribution in [-0.4, -0.2) is 0 Å². The fraction of sp³-hybridized carbons (Fsp3) is 0. The molecule has 0 radical (unpaired) electrons. The number of nitrogen functional groups attached to an aromatic ring is 1. The van der Waals surface area contributed by atoms with Crippen LogP contribution in [0.5, 0.6) is 0 Å². The number of anilines is 3. The van der Waals surface area contributed by atoms with Crippen LogP contribution in [0.15, 0.2) is 30.3 Å². The Morgan fingerprint density at radius 3 is 2.50 bits per heavy atom. The van der Waals surface area contributed by atoms with Crippen molar-refractivity contribution >= 4 is 51.3 Å². The van der Waals surface area contributed by atoms with Gasteiger partial charge in [0.05, 0.1) is 14.9 Å². The Morgan fingerprint density at radius 2 is 1.83 bits per heavy atom. The molecule has 6 heteroatoms. The number of nitrogens with two attached hydrogens (primary N) is 1. The van der Waals surface area contributed by atoms with Crippen LogP contribution in [0.2, 0.25) is 5.02 Å². The molecule has 0 saturated carbocycles. The van der Waals surface area contributed by atoms with Crippen molar-refractivity contribution in [2.45, 2.75) is 0 Å². The van der Waals surface area contributed by atoms with Crippen molar-refractivity contribution in [3.63, 3.8) is 0 Å². The van der Waals surface area contributed by atoms with Crippen LogP contribution in [0.25, 0.3) is 0 Å². The fourth-order valence-corrected chi connectivity index (χ4v) is 2.16. The zero-order valence-corrected chi connectivity index (χ0v) is 11.9. The van der Waals surface area contributed by atoms with Gasteiger partial charge in [0.15, 0.2) is 0 Å². The molecule has 0 bridgehead atoms. The van der Waals surface area contributed by atoms with Gasteiger partial charge in [0.2, 0.25) is 0 Å². The molecule has 18 heavy (non-hydrogen) atoms. The Morgan fingerprint density at radius 1 is 1.11 bits per heavy atom. The lowest BCUT2D eigenvalue weighted by molar-refractivity contribution is 0.621. The third kappa shape index (κ3) is 3.02. The summed E-state index contributed by atoms with van der Waals surface area (Å²) in [5.74, 6) is -0.871. The van der Waals surface area contributed by atoms with E-state index in [1.165, 1.54) is 30.3 Å². The molecule has 0 unspecified atom stereocenters. The molecular formula is C12H8ClF2IN2. The molecule has 0 aliphatic heterocycles. The maximum absolute atomic E-state index is 13.4. The molecule has 2 aromatic carbocycles. The van der Waals surface area contributed by atoms with E-state index >= 15 is 0 Å². The minimum Gasteiger partial charge on any atom is -0.397 e. The standard InChI is InChI=1S/C12H8ClF2IN2/c13-6-1-7(14)3-8(2-6)18-12-4-9(15)10(16)5-11(12)17/h1-5,18H,17H2. The second-order valence-electron chi connectivity index (χ2n) is 3.64. The summed E-state index contributed by atoms with van der Waals surface area (Å²) in [7, 11) is 0. The molecule has 2 nitrogen and oxygen atoms in total. The monoisotopic (exact) mass is 380 g/mol. The van der Waals surface area contributed by atoms with Gasteiger partial charge >= 0.3 is 0 Å². The van der Waals surface area contributed by atoms with Crippen molar-refractivity contribution in [3.05, 3.63) is 50.6 Å². The van der Waals surface area contributed by atoms with E-state index in [0.29, 0.717) is 20.6 Å².